The molecule has 1 aliphatic carbocycles. The van der Waals surface area contributed by atoms with Gasteiger partial charge >= 0.3 is 0 Å². The highest BCUT2D eigenvalue weighted by atomic mass is 16.2. The van der Waals surface area contributed by atoms with Crippen LogP contribution in [0.25, 0.3) is 0 Å². The summed E-state index contributed by atoms with van der Waals surface area (Å²) in [6, 6.07) is 10.3. The van der Waals surface area contributed by atoms with E-state index in [2.05, 4.69) is 17.4 Å². The number of benzene rings is 1. The topological polar surface area (TPSA) is 29.1 Å². The van der Waals surface area contributed by atoms with Crippen LogP contribution in [0.15, 0.2) is 30.3 Å². The molecule has 0 radical (unpaired) electrons. The molecule has 0 unspecified atom stereocenters. The van der Waals surface area contributed by atoms with Crippen molar-refractivity contribution < 1.29 is 4.79 Å². The Morgan fingerprint density at radius 2 is 1.88 bits per heavy atom. The van der Waals surface area contributed by atoms with Crippen LogP contribution < -0.4 is 5.32 Å². The van der Waals surface area contributed by atoms with Crippen LogP contribution in [0, 0.1) is 5.92 Å². The van der Waals surface area contributed by atoms with E-state index in [1.807, 2.05) is 39.0 Å². The molecule has 16 heavy (non-hydrogen) atoms. The summed E-state index contributed by atoms with van der Waals surface area (Å²) >= 11 is 0. The van der Waals surface area contributed by atoms with Crippen molar-refractivity contribution >= 4 is 5.91 Å². The maximum absolute atomic E-state index is 11.9. The van der Waals surface area contributed by atoms with E-state index in [-0.39, 0.29) is 17.4 Å². The maximum Gasteiger partial charge on any atom is 0.224 e. The van der Waals surface area contributed by atoms with Crippen molar-refractivity contribution in [3.8, 4) is 0 Å². The van der Waals surface area contributed by atoms with E-state index < -0.39 is 0 Å². The SMILES string of the molecule is CC(C)(C)NC(=O)[C@@H]1C[C@@H]1c1ccccc1. The first kappa shape index (κ1) is 11.2. The summed E-state index contributed by atoms with van der Waals surface area (Å²) in [6.45, 7) is 6.06. The number of carbonyl (C=O) groups is 1. The Balaban J connectivity index is 1.95. The molecule has 0 heterocycles. The summed E-state index contributed by atoms with van der Waals surface area (Å²) in [5.74, 6) is 0.812. The second-order valence-corrected chi connectivity index (χ2v) is 5.60. The third-order valence-electron chi connectivity index (χ3n) is 2.85. The molecular formula is C14H19NO. The molecule has 1 aromatic carbocycles. The Morgan fingerprint density at radius 3 is 2.44 bits per heavy atom. The summed E-state index contributed by atoms with van der Waals surface area (Å²) in [6.07, 6.45) is 0.992. The van der Waals surface area contributed by atoms with Crippen LogP contribution >= 0.6 is 0 Å². The zero-order valence-corrected chi connectivity index (χ0v) is 10.2. The Kier molecular flexibility index (Phi) is 2.75. The monoisotopic (exact) mass is 217 g/mol. The van der Waals surface area contributed by atoms with E-state index in [0.717, 1.165) is 6.42 Å². The van der Waals surface area contributed by atoms with Crippen LogP contribution in [0.4, 0.5) is 0 Å². The van der Waals surface area contributed by atoms with Crippen molar-refractivity contribution in [2.24, 2.45) is 5.92 Å². The van der Waals surface area contributed by atoms with Gasteiger partial charge in [-0.25, -0.2) is 0 Å². The highest BCUT2D eigenvalue weighted by Gasteiger charge is 2.44. The van der Waals surface area contributed by atoms with E-state index in [9.17, 15) is 4.79 Å². The molecule has 1 saturated carbocycles. The lowest BCUT2D eigenvalue weighted by Gasteiger charge is -2.20. The van der Waals surface area contributed by atoms with Gasteiger partial charge in [0.25, 0.3) is 0 Å². The molecule has 1 aliphatic rings. The van der Waals surface area contributed by atoms with Crippen LogP contribution in [0.1, 0.15) is 38.7 Å². The van der Waals surface area contributed by atoms with Crippen molar-refractivity contribution in [1.29, 1.82) is 0 Å². The summed E-state index contributed by atoms with van der Waals surface area (Å²) in [7, 11) is 0. The van der Waals surface area contributed by atoms with Crippen LogP contribution in [-0.2, 0) is 4.79 Å². The fraction of sp³-hybridized carbons (Fsp3) is 0.500. The predicted molar refractivity (Wildman–Crippen MR) is 65.2 cm³/mol. The minimum Gasteiger partial charge on any atom is -0.351 e. The van der Waals surface area contributed by atoms with E-state index >= 15 is 0 Å². The molecule has 0 aromatic heterocycles. The zero-order chi connectivity index (χ0) is 11.8. The van der Waals surface area contributed by atoms with Crippen LogP contribution in [0.3, 0.4) is 0 Å². The summed E-state index contributed by atoms with van der Waals surface area (Å²) in [5.41, 5.74) is 1.16. The first-order valence-electron chi connectivity index (χ1n) is 5.84. The van der Waals surface area contributed by atoms with Gasteiger partial charge in [0.1, 0.15) is 0 Å². The Labute approximate surface area is 97.1 Å². The minimum atomic E-state index is -0.124. The van der Waals surface area contributed by atoms with Crippen LogP contribution in [0.2, 0.25) is 0 Å². The summed E-state index contributed by atoms with van der Waals surface area (Å²) in [5, 5.41) is 3.04. The molecule has 0 saturated heterocycles. The summed E-state index contributed by atoms with van der Waals surface area (Å²) in [4.78, 5) is 11.9. The van der Waals surface area contributed by atoms with Gasteiger partial charge in [-0.15, -0.1) is 0 Å². The Morgan fingerprint density at radius 1 is 1.25 bits per heavy atom. The van der Waals surface area contributed by atoms with Gasteiger partial charge in [0, 0.05) is 11.5 Å². The first-order chi connectivity index (χ1) is 7.47. The van der Waals surface area contributed by atoms with E-state index in [1.54, 1.807) is 0 Å². The maximum atomic E-state index is 11.9. The fourth-order valence-corrected chi connectivity index (χ4v) is 2.02. The van der Waals surface area contributed by atoms with Crippen molar-refractivity contribution in [2.45, 2.75) is 38.6 Å². The molecule has 0 aliphatic heterocycles. The normalized spacial score (nSPS) is 23.9. The third-order valence-corrected chi connectivity index (χ3v) is 2.85. The van der Waals surface area contributed by atoms with Crippen molar-refractivity contribution in [1.82, 2.24) is 5.32 Å². The molecule has 2 heteroatoms. The largest absolute Gasteiger partial charge is 0.351 e. The number of hydrogen-bond acceptors (Lipinski definition) is 1. The van der Waals surface area contributed by atoms with Gasteiger partial charge in [0.2, 0.25) is 5.91 Å². The second-order valence-electron chi connectivity index (χ2n) is 5.60. The molecule has 1 N–H and O–H groups in total. The smallest absolute Gasteiger partial charge is 0.224 e. The van der Waals surface area contributed by atoms with Gasteiger partial charge in [-0.1, -0.05) is 30.3 Å². The molecule has 1 fully saturated rings. The quantitative estimate of drug-likeness (QED) is 0.810. The van der Waals surface area contributed by atoms with Gasteiger partial charge in [-0.3, -0.25) is 4.79 Å². The predicted octanol–water partition coefficient (Wildman–Crippen LogP) is 2.70. The number of rotatable bonds is 2. The molecule has 2 atom stereocenters. The zero-order valence-electron chi connectivity index (χ0n) is 10.2. The van der Waals surface area contributed by atoms with E-state index in [1.165, 1.54) is 5.56 Å². The molecule has 2 rings (SSSR count). The highest BCUT2D eigenvalue weighted by molar-refractivity contribution is 5.83. The van der Waals surface area contributed by atoms with E-state index in [0.29, 0.717) is 5.92 Å². The molecule has 1 aromatic rings. The first-order valence-corrected chi connectivity index (χ1v) is 5.84. The number of nitrogens with one attached hydrogen (secondary N) is 1. The Hall–Kier alpha value is -1.31. The lowest BCUT2D eigenvalue weighted by Crippen LogP contribution is -2.41. The second kappa shape index (κ2) is 3.93. The van der Waals surface area contributed by atoms with Gasteiger partial charge in [-0.2, -0.15) is 0 Å². The van der Waals surface area contributed by atoms with Gasteiger partial charge < -0.3 is 5.32 Å². The molecule has 2 nitrogen and oxygen atoms in total. The average Bonchev–Trinajstić information content (AvgIpc) is 2.96. The molecule has 86 valence electrons. The van der Waals surface area contributed by atoms with Crippen molar-refractivity contribution in [3.63, 3.8) is 0 Å². The minimum absolute atomic E-state index is 0.124. The number of hydrogen-bond donors (Lipinski definition) is 1. The third kappa shape index (κ3) is 2.63. The van der Waals surface area contributed by atoms with Gasteiger partial charge in [0.15, 0.2) is 0 Å². The Bertz CT molecular complexity index is 377. The molecule has 0 bridgehead atoms. The molecule has 1 amide bonds. The fourth-order valence-electron chi connectivity index (χ4n) is 2.02. The van der Waals surface area contributed by atoms with E-state index in [4.69, 9.17) is 0 Å². The van der Waals surface area contributed by atoms with Crippen molar-refractivity contribution in [3.05, 3.63) is 35.9 Å². The van der Waals surface area contributed by atoms with Crippen LogP contribution in [-0.4, -0.2) is 11.4 Å². The van der Waals surface area contributed by atoms with Crippen LogP contribution in [0.5, 0.6) is 0 Å². The van der Waals surface area contributed by atoms with Crippen molar-refractivity contribution in [2.75, 3.05) is 0 Å². The number of amides is 1. The number of carbonyl (C=O) groups excluding carboxylic acids is 1. The average molecular weight is 217 g/mol. The molecule has 0 spiro atoms. The van der Waals surface area contributed by atoms with Gasteiger partial charge in [-0.05, 0) is 38.7 Å². The lowest BCUT2D eigenvalue weighted by atomic mass is 10.1. The highest BCUT2D eigenvalue weighted by Crippen LogP contribution is 2.47. The summed E-state index contributed by atoms with van der Waals surface area (Å²) < 4.78 is 0. The van der Waals surface area contributed by atoms with Gasteiger partial charge in [0.05, 0.1) is 0 Å². The lowest BCUT2D eigenvalue weighted by molar-refractivity contribution is -0.123. The molecular weight excluding hydrogens is 198 g/mol. The standard InChI is InChI=1S/C14H19NO/c1-14(2,3)15-13(16)12-9-11(12)10-7-5-4-6-8-10/h4-8,11-12H,9H2,1-3H3,(H,15,16)/t11-,12-/m1/s1.